The number of fused-ring (bicyclic) bond motifs is 1. The van der Waals surface area contributed by atoms with Crippen LogP contribution in [0.25, 0.3) is 10.2 Å². The van der Waals surface area contributed by atoms with Gasteiger partial charge in [0.1, 0.15) is 11.5 Å². The zero-order valence-corrected chi connectivity index (χ0v) is 17.9. The first-order valence-corrected chi connectivity index (χ1v) is 11.8. The highest BCUT2D eigenvalue weighted by atomic mass is 35.5. The molecule has 2 aromatic rings. The number of allylic oxidation sites excluding steroid dienone is 1. The number of ether oxygens (including phenoxy) is 1. The Morgan fingerprint density at radius 2 is 2.00 bits per heavy atom. The smallest absolute Gasteiger partial charge is 0.263 e. The molecule has 1 saturated heterocycles. The van der Waals surface area contributed by atoms with E-state index in [4.69, 9.17) is 16.3 Å². The Bertz CT molecular complexity index is 1110. The van der Waals surface area contributed by atoms with Crippen LogP contribution in [-0.4, -0.2) is 67.5 Å². The van der Waals surface area contributed by atoms with Crippen LogP contribution in [0, 0.1) is 0 Å². The fourth-order valence-electron chi connectivity index (χ4n) is 2.91. The molecule has 156 valence electrons. The van der Waals surface area contributed by atoms with Crippen LogP contribution in [0.2, 0.25) is 5.02 Å². The van der Waals surface area contributed by atoms with Crippen LogP contribution < -0.4 is 4.80 Å². The molecule has 0 N–H and O–H groups in total. The summed E-state index contributed by atoms with van der Waals surface area (Å²) in [7, 11) is -3.93. The fourth-order valence-corrected chi connectivity index (χ4v) is 5.34. The van der Waals surface area contributed by atoms with Crippen molar-refractivity contribution in [3.8, 4) is 0 Å². The first-order chi connectivity index (χ1) is 13.8. The van der Waals surface area contributed by atoms with Gasteiger partial charge in [-0.3, -0.25) is 9.59 Å². The summed E-state index contributed by atoms with van der Waals surface area (Å²) >= 11 is 7.25. The molecule has 1 aromatic carbocycles. The number of nitrogens with zero attached hydrogens (tertiary/aromatic N) is 3. The predicted octanol–water partition coefficient (Wildman–Crippen LogP) is 1.24. The monoisotopic (exact) mass is 457 g/mol. The van der Waals surface area contributed by atoms with Crippen molar-refractivity contribution >= 4 is 54.8 Å². The number of rotatable bonds is 6. The lowest BCUT2D eigenvalue weighted by atomic mass is 10.3. The minimum Gasteiger partial charge on any atom is -0.378 e. The molecule has 1 aromatic heterocycles. The van der Waals surface area contributed by atoms with E-state index in [0.717, 1.165) is 10.2 Å². The standard InChI is InChI=1S/C18H20ClN3O5S2/c1-2-5-22-14-4-3-13(19)10-15(14)28-18(22)20-16(23)11-29(25,26)12-17(24)21-6-8-27-9-7-21/h2-4,10H,1,5-9,11-12H2. The highest BCUT2D eigenvalue weighted by Crippen LogP contribution is 2.21. The van der Waals surface area contributed by atoms with E-state index >= 15 is 0 Å². The minimum absolute atomic E-state index is 0.346. The predicted molar refractivity (Wildman–Crippen MR) is 112 cm³/mol. The van der Waals surface area contributed by atoms with Crippen LogP contribution >= 0.6 is 22.9 Å². The van der Waals surface area contributed by atoms with Crippen molar-refractivity contribution in [1.82, 2.24) is 9.47 Å². The number of morpholine rings is 1. The lowest BCUT2D eigenvalue weighted by molar-refractivity contribution is -0.132. The lowest BCUT2D eigenvalue weighted by Gasteiger charge is -2.26. The Balaban J connectivity index is 1.79. The number of carbonyl (C=O) groups excluding carboxylic acids is 2. The fraction of sp³-hybridized carbons (Fsp3) is 0.389. The molecular weight excluding hydrogens is 438 g/mol. The van der Waals surface area contributed by atoms with E-state index in [1.54, 1.807) is 28.8 Å². The van der Waals surface area contributed by atoms with Crippen molar-refractivity contribution in [1.29, 1.82) is 0 Å². The number of carbonyl (C=O) groups is 2. The maximum atomic E-state index is 12.3. The third-order valence-electron chi connectivity index (χ3n) is 4.23. The van der Waals surface area contributed by atoms with Crippen LogP contribution in [0.5, 0.6) is 0 Å². The zero-order chi connectivity index (χ0) is 21.0. The summed E-state index contributed by atoms with van der Waals surface area (Å²) in [6.07, 6.45) is 1.65. The normalized spacial score (nSPS) is 15.6. The number of aromatic nitrogens is 1. The zero-order valence-electron chi connectivity index (χ0n) is 15.5. The molecule has 11 heteroatoms. The highest BCUT2D eigenvalue weighted by molar-refractivity contribution is 7.92. The van der Waals surface area contributed by atoms with Crippen molar-refractivity contribution in [3.05, 3.63) is 40.7 Å². The van der Waals surface area contributed by atoms with Crippen molar-refractivity contribution in [3.63, 3.8) is 0 Å². The number of benzene rings is 1. The third-order valence-corrected chi connectivity index (χ3v) is 6.88. The SMILES string of the molecule is C=CCn1c(=NC(=O)CS(=O)(=O)CC(=O)N2CCOCC2)sc2cc(Cl)ccc21. The Morgan fingerprint density at radius 3 is 2.69 bits per heavy atom. The van der Waals surface area contributed by atoms with E-state index in [1.165, 1.54) is 16.2 Å². The van der Waals surface area contributed by atoms with E-state index in [9.17, 15) is 18.0 Å². The molecule has 1 aliphatic rings. The molecule has 2 heterocycles. The summed E-state index contributed by atoms with van der Waals surface area (Å²) < 4.78 is 32.3. The van der Waals surface area contributed by atoms with Gasteiger partial charge in [-0.2, -0.15) is 4.99 Å². The highest BCUT2D eigenvalue weighted by Gasteiger charge is 2.25. The largest absolute Gasteiger partial charge is 0.378 e. The molecule has 0 bridgehead atoms. The lowest BCUT2D eigenvalue weighted by Crippen LogP contribution is -2.43. The molecule has 29 heavy (non-hydrogen) atoms. The Morgan fingerprint density at radius 1 is 1.28 bits per heavy atom. The number of thiazole rings is 1. The molecule has 0 spiro atoms. The van der Waals surface area contributed by atoms with Gasteiger partial charge in [-0.25, -0.2) is 8.42 Å². The molecule has 3 rings (SSSR count). The van der Waals surface area contributed by atoms with Gasteiger partial charge in [0.2, 0.25) is 5.91 Å². The summed E-state index contributed by atoms with van der Waals surface area (Å²) in [5.74, 6) is -2.90. The van der Waals surface area contributed by atoms with Gasteiger partial charge in [0.15, 0.2) is 14.6 Å². The van der Waals surface area contributed by atoms with Crippen molar-refractivity contribution in [2.75, 3.05) is 37.8 Å². The van der Waals surface area contributed by atoms with Crippen LogP contribution in [0.3, 0.4) is 0 Å². The van der Waals surface area contributed by atoms with E-state index in [0.29, 0.717) is 42.7 Å². The van der Waals surface area contributed by atoms with Gasteiger partial charge in [-0.1, -0.05) is 29.0 Å². The number of hydrogen-bond acceptors (Lipinski definition) is 6. The van der Waals surface area contributed by atoms with Crippen molar-refractivity contribution in [2.24, 2.45) is 4.99 Å². The summed E-state index contributed by atoms with van der Waals surface area (Å²) in [5.41, 5.74) is 0.816. The molecule has 2 amide bonds. The second-order valence-electron chi connectivity index (χ2n) is 6.43. The quantitative estimate of drug-likeness (QED) is 0.608. The molecular formula is C18H20ClN3O5S2. The van der Waals surface area contributed by atoms with E-state index in [-0.39, 0.29) is 0 Å². The molecule has 1 aliphatic heterocycles. The summed E-state index contributed by atoms with van der Waals surface area (Å²) in [6, 6.07) is 5.28. The van der Waals surface area contributed by atoms with Gasteiger partial charge in [-0.15, -0.1) is 6.58 Å². The molecule has 0 aliphatic carbocycles. The third kappa shape index (κ3) is 5.53. The minimum atomic E-state index is -3.93. The maximum absolute atomic E-state index is 12.3. The molecule has 0 saturated carbocycles. The second-order valence-corrected chi connectivity index (χ2v) is 9.94. The number of halogens is 1. The van der Waals surface area contributed by atoms with Gasteiger partial charge < -0.3 is 14.2 Å². The average molecular weight is 458 g/mol. The van der Waals surface area contributed by atoms with Gasteiger partial charge in [0.05, 0.1) is 23.4 Å². The van der Waals surface area contributed by atoms with Crippen LogP contribution in [0.15, 0.2) is 35.8 Å². The molecule has 1 fully saturated rings. The Labute approximate surface area is 177 Å². The summed E-state index contributed by atoms with van der Waals surface area (Å²) in [4.78, 5) is 30.3. The van der Waals surface area contributed by atoms with Gasteiger partial charge >= 0.3 is 0 Å². The van der Waals surface area contributed by atoms with Crippen molar-refractivity contribution < 1.29 is 22.7 Å². The van der Waals surface area contributed by atoms with Gasteiger partial charge in [0, 0.05) is 24.7 Å². The van der Waals surface area contributed by atoms with Crippen molar-refractivity contribution in [2.45, 2.75) is 6.54 Å². The Kier molecular flexibility index (Phi) is 6.89. The van der Waals surface area contributed by atoms with Gasteiger partial charge in [-0.05, 0) is 18.2 Å². The van der Waals surface area contributed by atoms with Crippen LogP contribution in [0.1, 0.15) is 0 Å². The maximum Gasteiger partial charge on any atom is 0.263 e. The number of sulfone groups is 1. The van der Waals surface area contributed by atoms with Gasteiger partial charge in [0.25, 0.3) is 5.91 Å². The van der Waals surface area contributed by atoms with E-state index < -0.39 is 33.2 Å². The summed E-state index contributed by atoms with van der Waals surface area (Å²) in [6.45, 7) is 5.54. The first-order valence-electron chi connectivity index (χ1n) is 8.82. The first kappa shape index (κ1) is 21.7. The topological polar surface area (TPSA) is 98.0 Å². The molecule has 0 unspecified atom stereocenters. The number of hydrogen-bond donors (Lipinski definition) is 0. The Hall–Kier alpha value is -2.01. The molecule has 0 radical (unpaired) electrons. The molecule has 0 atom stereocenters. The van der Waals surface area contributed by atoms with E-state index in [2.05, 4.69) is 11.6 Å². The van der Waals surface area contributed by atoms with Crippen LogP contribution in [0.4, 0.5) is 0 Å². The van der Waals surface area contributed by atoms with E-state index in [1.807, 2.05) is 0 Å². The number of amides is 2. The van der Waals surface area contributed by atoms with Crippen LogP contribution in [-0.2, 0) is 30.7 Å². The second kappa shape index (κ2) is 9.21. The molecule has 8 nitrogen and oxygen atoms in total. The summed E-state index contributed by atoms with van der Waals surface area (Å²) in [5, 5.41) is 0.548. The average Bonchev–Trinajstić information content (AvgIpc) is 2.98.